The highest BCUT2D eigenvalue weighted by molar-refractivity contribution is 7.89. The van der Waals surface area contributed by atoms with E-state index in [0.717, 1.165) is 32.1 Å². The summed E-state index contributed by atoms with van der Waals surface area (Å²) < 4.78 is 22.1. The van der Waals surface area contributed by atoms with Gasteiger partial charge >= 0.3 is 0 Å². The summed E-state index contributed by atoms with van der Waals surface area (Å²) in [6, 6.07) is 0. The molecule has 0 heterocycles. The highest BCUT2D eigenvalue weighted by Gasteiger charge is 2.20. The maximum Gasteiger partial charge on any atom is 0.228 e. The Hall–Kier alpha value is -0.0900. The zero-order valence-corrected chi connectivity index (χ0v) is 10.1. The van der Waals surface area contributed by atoms with Crippen LogP contribution in [0.25, 0.3) is 0 Å². The van der Waals surface area contributed by atoms with E-state index in [0.29, 0.717) is 12.8 Å². The molecule has 0 fully saturated rings. The number of sulfonamides is 1. The average Bonchev–Trinajstić information content (AvgIpc) is 2.08. The van der Waals surface area contributed by atoms with Crippen LogP contribution in [0, 0.1) is 0 Å². The third-order valence-electron chi connectivity index (χ3n) is 2.43. The van der Waals surface area contributed by atoms with Crippen LogP contribution in [-0.2, 0) is 10.0 Å². The van der Waals surface area contributed by atoms with Gasteiger partial charge in [-0.2, -0.15) is 0 Å². The Morgan fingerprint density at radius 2 is 1.64 bits per heavy atom. The second-order valence-corrected chi connectivity index (χ2v) is 5.56. The summed E-state index contributed by atoms with van der Waals surface area (Å²) >= 11 is 0. The highest BCUT2D eigenvalue weighted by Crippen LogP contribution is 2.15. The van der Waals surface area contributed by atoms with E-state index in [9.17, 15) is 8.42 Å². The van der Waals surface area contributed by atoms with Crippen LogP contribution in [0.1, 0.15) is 58.8 Å². The molecule has 1 unspecified atom stereocenters. The molecule has 85 valence electrons. The molecule has 4 heteroatoms. The molecule has 0 aliphatic rings. The highest BCUT2D eigenvalue weighted by atomic mass is 32.2. The van der Waals surface area contributed by atoms with Crippen LogP contribution >= 0.6 is 0 Å². The van der Waals surface area contributed by atoms with Crippen molar-refractivity contribution in [2.24, 2.45) is 0 Å². The molecule has 0 spiro atoms. The van der Waals surface area contributed by atoms with E-state index < -0.39 is 15.3 Å². The molecule has 1 atom stereocenters. The predicted octanol–water partition coefficient (Wildman–Crippen LogP) is 2.74. The molecular formula is C10H22NO2S. The lowest BCUT2D eigenvalue weighted by molar-refractivity contribution is 0.537. The summed E-state index contributed by atoms with van der Waals surface area (Å²) in [5.41, 5.74) is 0. The quantitative estimate of drug-likeness (QED) is 0.590. The monoisotopic (exact) mass is 220 g/mol. The third-order valence-corrected chi connectivity index (χ3v) is 3.78. The lowest BCUT2D eigenvalue weighted by Gasteiger charge is -2.12. The Morgan fingerprint density at radius 1 is 1.00 bits per heavy atom. The first kappa shape index (κ1) is 13.9. The molecule has 0 aliphatic carbocycles. The van der Waals surface area contributed by atoms with Crippen LogP contribution in [0.3, 0.4) is 0 Å². The second kappa shape index (κ2) is 7.23. The molecule has 1 N–H and O–H groups in total. The fourth-order valence-electron chi connectivity index (χ4n) is 1.58. The molecule has 0 aromatic rings. The Balaban J connectivity index is 3.87. The standard InChI is InChI=1S/C10H22NO2S/c1-3-5-6-7-9-10(8-4-2)14(11,12)13/h10-11H,3-9H2,1-2H3. The smallest absolute Gasteiger partial charge is 0.211 e. The fraction of sp³-hybridized carbons (Fsp3) is 1.00. The zero-order chi connectivity index (χ0) is 11.0. The number of unbranched alkanes of at least 4 members (excludes halogenated alkanes) is 3. The van der Waals surface area contributed by atoms with Crippen molar-refractivity contribution in [2.45, 2.75) is 64.0 Å². The van der Waals surface area contributed by atoms with Crippen molar-refractivity contribution in [3.8, 4) is 0 Å². The van der Waals surface area contributed by atoms with E-state index in [1.54, 1.807) is 0 Å². The Morgan fingerprint density at radius 3 is 2.07 bits per heavy atom. The van der Waals surface area contributed by atoms with Gasteiger partial charge in [-0.25, -0.2) is 8.42 Å². The summed E-state index contributed by atoms with van der Waals surface area (Å²) in [5, 5.41) is 6.62. The summed E-state index contributed by atoms with van der Waals surface area (Å²) in [5.74, 6) is 0. The fourth-order valence-corrected chi connectivity index (χ4v) is 2.60. The first-order valence-electron chi connectivity index (χ1n) is 5.50. The van der Waals surface area contributed by atoms with Gasteiger partial charge in [-0.05, 0) is 12.8 Å². The van der Waals surface area contributed by atoms with Gasteiger partial charge in [0, 0.05) is 0 Å². The molecule has 0 saturated carbocycles. The van der Waals surface area contributed by atoms with Crippen molar-refractivity contribution in [2.75, 3.05) is 0 Å². The van der Waals surface area contributed by atoms with Crippen LogP contribution in [0.15, 0.2) is 0 Å². The molecule has 0 aromatic heterocycles. The number of hydrogen-bond donors (Lipinski definition) is 0. The molecule has 0 amide bonds. The van der Waals surface area contributed by atoms with Crippen molar-refractivity contribution in [3.05, 3.63) is 0 Å². The maximum atomic E-state index is 11.1. The molecule has 3 nitrogen and oxygen atoms in total. The lowest BCUT2D eigenvalue weighted by Crippen LogP contribution is -2.21. The Labute approximate surface area is 88.1 Å². The van der Waals surface area contributed by atoms with Crippen LogP contribution in [0.2, 0.25) is 0 Å². The first-order valence-corrected chi connectivity index (χ1v) is 7.05. The molecule has 0 bridgehead atoms. The average molecular weight is 220 g/mol. The van der Waals surface area contributed by atoms with E-state index in [-0.39, 0.29) is 0 Å². The summed E-state index contributed by atoms with van der Waals surface area (Å²) in [6.45, 7) is 4.09. The van der Waals surface area contributed by atoms with Crippen LogP contribution in [0.5, 0.6) is 0 Å². The second-order valence-electron chi connectivity index (χ2n) is 3.81. The molecule has 0 aliphatic heterocycles. The molecule has 1 radical (unpaired) electrons. The third kappa shape index (κ3) is 6.38. The van der Waals surface area contributed by atoms with Crippen molar-refractivity contribution < 1.29 is 8.42 Å². The van der Waals surface area contributed by atoms with E-state index in [2.05, 4.69) is 6.92 Å². The van der Waals surface area contributed by atoms with Gasteiger partial charge in [-0.3, -0.25) is 0 Å². The largest absolute Gasteiger partial charge is 0.228 e. The van der Waals surface area contributed by atoms with E-state index in [1.807, 2.05) is 6.92 Å². The van der Waals surface area contributed by atoms with E-state index >= 15 is 0 Å². The number of hydrogen-bond acceptors (Lipinski definition) is 2. The van der Waals surface area contributed by atoms with Crippen molar-refractivity contribution in [1.29, 1.82) is 0 Å². The Kier molecular flexibility index (Phi) is 7.19. The number of nitrogens with one attached hydrogen (secondary N) is 1. The summed E-state index contributed by atoms with van der Waals surface area (Å²) in [4.78, 5) is 0. The van der Waals surface area contributed by atoms with Gasteiger partial charge < -0.3 is 0 Å². The van der Waals surface area contributed by atoms with Gasteiger partial charge in [0.25, 0.3) is 0 Å². The lowest BCUT2D eigenvalue weighted by atomic mass is 10.1. The minimum absolute atomic E-state index is 0.427. The number of rotatable bonds is 8. The molecular weight excluding hydrogens is 198 g/mol. The van der Waals surface area contributed by atoms with Gasteiger partial charge in [-0.1, -0.05) is 46.0 Å². The molecule has 0 aromatic carbocycles. The van der Waals surface area contributed by atoms with Gasteiger partial charge in [0.2, 0.25) is 10.0 Å². The normalized spacial score (nSPS) is 14.2. The minimum Gasteiger partial charge on any atom is -0.211 e. The van der Waals surface area contributed by atoms with E-state index in [1.165, 1.54) is 0 Å². The van der Waals surface area contributed by atoms with Crippen molar-refractivity contribution >= 4 is 10.0 Å². The summed E-state index contributed by atoms with van der Waals surface area (Å²) in [6.07, 6.45) is 6.50. The SMILES string of the molecule is CCCCCCC(CCC)S([NH])(=O)=O. The molecule has 0 saturated heterocycles. The first-order chi connectivity index (χ1) is 6.52. The maximum absolute atomic E-state index is 11.1. The van der Waals surface area contributed by atoms with Gasteiger partial charge in [0.15, 0.2) is 0 Å². The van der Waals surface area contributed by atoms with Gasteiger partial charge in [-0.15, -0.1) is 5.14 Å². The molecule has 14 heavy (non-hydrogen) atoms. The molecule has 0 rings (SSSR count). The van der Waals surface area contributed by atoms with Gasteiger partial charge in [0.1, 0.15) is 0 Å². The topological polar surface area (TPSA) is 57.9 Å². The van der Waals surface area contributed by atoms with Crippen LogP contribution < -0.4 is 5.14 Å². The van der Waals surface area contributed by atoms with Crippen LogP contribution in [0.4, 0.5) is 0 Å². The predicted molar refractivity (Wildman–Crippen MR) is 59.5 cm³/mol. The van der Waals surface area contributed by atoms with Gasteiger partial charge in [0.05, 0.1) is 5.25 Å². The Bertz CT molecular complexity index is 224. The van der Waals surface area contributed by atoms with Crippen molar-refractivity contribution in [3.63, 3.8) is 0 Å². The summed E-state index contributed by atoms with van der Waals surface area (Å²) in [7, 11) is -3.56. The van der Waals surface area contributed by atoms with Crippen molar-refractivity contribution in [1.82, 2.24) is 5.14 Å². The minimum atomic E-state index is -3.56. The zero-order valence-electron chi connectivity index (χ0n) is 9.25. The van der Waals surface area contributed by atoms with E-state index in [4.69, 9.17) is 5.14 Å². The van der Waals surface area contributed by atoms with Crippen LogP contribution in [-0.4, -0.2) is 13.7 Å².